The summed E-state index contributed by atoms with van der Waals surface area (Å²) in [5.41, 5.74) is -2.19. The van der Waals surface area contributed by atoms with Crippen LogP contribution in [0, 0.1) is 24.6 Å². The summed E-state index contributed by atoms with van der Waals surface area (Å²) in [6.07, 6.45) is -10.5. The number of nitrogens with zero attached hydrogens (tertiary/aromatic N) is 3. The van der Waals surface area contributed by atoms with Gasteiger partial charge in [0.15, 0.2) is 0 Å². The zero-order chi connectivity index (χ0) is 31.9. The lowest BCUT2D eigenvalue weighted by Crippen LogP contribution is -2.58. The van der Waals surface area contributed by atoms with E-state index in [0.29, 0.717) is 23.3 Å². The fourth-order valence-corrected chi connectivity index (χ4v) is 5.73. The number of aryl methyl sites for hydroxylation is 1. The predicted octanol–water partition coefficient (Wildman–Crippen LogP) is 5.46. The molecule has 2 fully saturated rings. The largest absolute Gasteiger partial charge is 0.453 e. The van der Waals surface area contributed by atoms with E-state index in [1.54, 1.807) is 11.8 Å². The lowest BCUT2D eigenvalue weighted by atomic mass is 9.77. The molecule has 4 rings (SSSR count). The van der Waals surface area contributed by atoms with Gasteiger partial charge in [-0.2, -0.15) is 26.3 Å². The number of ether oxygens (including phenoxy) is 1. The standard InChI is InChI=1S/C29H30F7N3O4/c1-16-8-21(30)4-5-22(16)24-15-38(25(40)18-13-39(14-18)27(42)43-3)7-6-23(24)26(41)37(2)12-17-9-19(28(31,32)33)11-20(10-17)29(34,35)36/h4-5,8-11,18,23-24H,6-7,12-15H2,1-3H3/t23-,24+/m1/s1. The van der Waals surface area contributed by atoms with E-state index in [1.807, 2.05) is 0 Å². The number of carbonyl (C=O) groups is 3. The quantitative estimate of drug-likeness (QED) is 0.418. The van der Waals surface area contributed by atoms with Crippen molar-refractivity contribution in [2.75, 3.05) is 40.3 Å². The highest BCUT2D eigenvalue weighted by molar-refractivity contribution is 5.84. The van der Waals surface area contributed by atoms with Crippen LogP contribution in [0.2, 0.25) is 0 Å². The average Bonchev–Trinajstić information content (AvgIpc) is 2.90. The maximum absolute atomic E-state index is 13.9. The van der Waals surface area contributed by atoms with Crippen molar-refractivity contribution in [1.82, 2.24) is 14.7 Å². The third kappa shape index (κ3) is 7.04. The zero-order valence-electron chi connectivity index (χ0n) is 23.6. The molecule has 2 aromatic rings. The van der Waals surface area contributed by atoms with E-state index in [0.717, 1.165) is 4.90 Å². The molecular weight excluding hydrogens is 587 g/mol. The number of carbonyl (C=O) groups excluding carboxylic acids is 3. The van der Waals surface area contributed by atoms with Gasteiger partial charge in [-0.3, -0.25) is 9.59 Å². The molecule has 234 valence electrons. The average molecular weight is 618 g/mol. The number of hydrogen-bond acceptors (Lipinski definition) is 4. The summed E-state index contributed by atoms with van der Waals surface area (Å²) in [7, 11) is 2.52. The molecule has 0 spiro atoms. The summed E-state index contributed by atoms with van der Waals surface area (Å²) in [5, 5.41) is 0. The Morgan fingerprint density at radius 1 is 0.930 bits per heavy atom. The molecular formula is C29H30F7N3O4. The highest BCUT2D eigenvalue weighted by atomic mass is 19.4. The van der Waals surface area contributed by atoms with Gasteiger partial charge >= 0.3 is 18.4 Å². The number of methoxy groups -OCH3 is 1. The molecule has 3 amide bonds. The number of likely N-dealkylation sites (tertiary alicyclic amines) is 2. The Labute approximate surface area is 243 Å². The van der Waals surface area contributed by atoms with Crippen molar-refractivity contribution in [3.05, 3.63) is 70.0 Å². The van der Waals surface area contributed by atoms with Crippen LogP contribution in [0.4, 0.5) is 35.5 Å². The fourth-order valence-electron chi connectivity index (χ4n) is 5.73. The minimum absolute atomic E-state index is 0.0257. The van der Waals surface area contributed by atoms with Crippen molar-refractivity contribution < 1.29 is 49.9 Å². The highest BCUT2D eigenvalue weighted by Crippen LogP contribution is 2.39. The number of piperidine rings is 1. The minimum atomic E-state index is -5.03. The number of alkyl halides is 6. The van der Waals surface area contributed by atoms with Crippen molar-refractivity contribution in [3.8, 4) is 0 Å². The van der Waals surface area contributed by atoms with Gasteiger partial charge in [0.1, 0.15) is 5.82 Å². The number of benzene rings is 2. The number of hydrogen-bond donors (Lipinski definition) is 0. The lowest BCUT2D eigenvalue weighted by Gasteiger charge is -2.44. The van der Waals surface area contributed by atoms with Crippen LogP contribution in [0.3, 0.4) is 0 Å². The molecule has 2 heterocycles. The maximum atomic E-state index is 13.9. The topological polar surface area (TPSA) is 70.2 Å². The van der Waals surface area contributed by atoms with Gasteiger partial charge in [-0.25, -0.2) is 9.18 Å². The Kier molecular flexibility index (Phi) is 8.98. The summed E-state index contributed by atoms with van der Waals surface area (Å²) in [5.74, 6) is -3.16. The monoisotopic (exact) mass is 617 g/mol. The summed E-state index contributed by atoms with van der Waals surface area (Å²) in [4.78, 5) is 42.6. The summed E-state index contributed by atoms with van der Waals surface area (Å²) < 4.78 is 98.8. The summed E-state index contributed by atoms with van der Waals surface area (Å²) in [6, 6.07) is 5.20. The molecule has 14 heteroatoms. The summed E-state index contributed by atoms with van der Waals surface area (Å²) in [6.45, 7) is 1.70. The van der Waals surface area contributed by atoms with Gasteiger partial charge in [0.2, 0.25) is 11.8 Å². The van der Waals surface area contributed by atoms with E-state index >= 15 is 0 Å². The molecule has 2 saturated heterocycles. The van der Waals surface area contributed by atoms with Gasteiger partial charge < -0.3 is 19.4 Å². The Hall–Kier alpha value is -3.84. The third-order valence-corrected chi connectivity index (χ3v) is 7.98. The van der Waals surface area contributed by atoms with Crippen molar-refractivity contribution >= 4 is 17.9 Å². The second-order valence-corrected chi connectivity index (χ2v) is 11.0. The van der Waals surface area contributed by atoms with Crippen LogP contribution in [-0.4, -0.2) is 72.9 Å². The van der Waals surface area contributed by atoms with E-state index in [9.17, 15) is 45.1 Å². The first kappa shape index (κ1) is 32.1. The van der Waals surface area contributed by atoms with Crippen LogP contribution in [0.15, 0.2) is 36.4 Å². The molecule has 2 aliphatic rings. The Balaban J connectivity index is 1.57. The molecule has 0 N–H and O–H groups in total. The SMILES string of the molecule is COC(=O)N1CC(C(=O)N2CC[C@@H](C(=O)N(C)Cc3cc(C(F)(F)F)cc(C(F)(F)F)c3)[C@H](c3ccc(F)cc3C)C2)C1. The maximum Gasteiger partial charge on any atom is 0.416 e. The highest BCUT2D eigenvalue weighted by Gasteiger charge is 2.44. The summed E-state index contributed by atoms with van der Waals surface area (Å²) >= 11 is 0. The van der Waals surface area contributed by atoms with Crippen molar-refractivity contribution in [2.45, 2.75) is 38.2 Å². The second kappa shape index (κ2) is 12.0. The van der Waals surface area contributed by atoms with Gasteiger partial charge in [0, 0.05) is 51.6 Å². The van der Waals surface area contributed by atoms with Crippen molar-refractivity contribution in [3.63, 3.8) is 0 Å². The first-order chi connectivity index (χ1) is 20.0. The molecule has 2 atom stereocenters. The zero-order valence-corrected chi connectivity index (χ0v) is 23.6. The molecule has 43 heavy (non-hydrogen) atoms. The van der Waals surface area contributed by atoms with E-state index in [-0.39, 0.29) is 50.1 Å². The third-order valence-electron chi connectivity index (χ3n) is 7.98. The van der Waals surface area contributed by atoms with Crippen LogP contribution in [0.25, 0.3) is 0 Å². The van der Waals surface area contributed by atoms with Gasteiger partial charge in [-0.1, -0.05) is 6.07 Å². The number of rotatable bonds is 5. The molecule has 0 unspecified atom stereocenters. The molecule has 0 aromatic heterocycles. The van der Waals surface area contributed by atoms with Crippen molar-refractivity contribution in [2.24, 2.45) is 11.8 Å². The Morgan fingerprint density at radius 3 is 2.07 bits per heavy atom. The van der Waals surface area contributed by atoms with Gasteiger partial charge in [-0.15, -0.1) is 0 Å². The molecule has 2 aliphatic heterocycles. The number of amides is 3. The van der Waals surface area contributed by atoms with Crippen LogP contribution in [0.1, 0.15) is 40.2 Å². The van der Waals surface area contributed by atoms with Gasteiger partial charge in [0.05, 0.1) is 24.2 Å². The van der Waals surface area contributed by atoms with E-state index in [1.165, 1.54) is 37.3 Å². The molecule has 7 nitrogen and oxygen atoms in total. The first-order valence-corrected chi connectivity index (χ1v) is 13.4. The van der Waals surface area contributed by atoms with Crippen molar-refractivity contribution in [1.29, 1.82) is 0 Å². The first-order valence-electron chi connectivity index (χ1n) is 13.4. The number of halogens is 7. The van der Waals surface area contributed by atoms with E-state index < -0.39 is 65.6 Å². The fraction of sp³-hybridized carbons (Fsp3) is 0.483. The van der Waals surface area contributed by atoms with Gasteiger partial charge in [0.25, 0.3) is 0 Å². The Bertz CT molecular complexity index is 1360. The predicted molar refractivity (Wildman–Crippen MR) is 139 cm³/mol. The van der Waals surface area contributed by atoms with Crippen LogP contribution >= 0.6 is 0 Å². The smallest absolute Gasteiger partial charge is 0.416 e. The normalized spacial score (nSPS) is 19.6. The lowest BCUT2D eigenvalue weighted by molar-refractivity contribution is -0.146. The second-order valence-electron chi connectivity index (χ2n) is 11.0. The van der Waals surface area contributed by atoms with E-state index in [4.69, 9.17) is 0 Å². The molecule has 0 bridgehead atoms. The van der Waals surface area contributed by atoms with Gasteiger partial charge in [-0.05, 0) is 60.4 Å². The minimum Gasteiger partial charge on any atom is -0.453 e. The Morgan fingerprint density at radius 2 is 1.53 bits per heavy atom. The van der Waals surface area contributed by atoms with Crippen LogP contribution < -0.4 is 0 Å². The molecule has 0 radical (unpaired) electrons. The van der Waals surface area contributed by atoms with Crippen LogP contribution in [0.5, 0.6) is 0 Å². The molecule has 0 saturated carbocycles. The molecule has 0 aliphatic carbocycles. The molecule has 2 aromatic carbocycles. The van der Waals surface area contributed by atoms with E-state index in [2.05, 4.69) is 4.74 Å². The van der Waals surface area contributed by atoms with Crippen LogP contribution in [-0.2, 0) is 33.2 Å².